The summed E-state index contributed by atoms with van der Waals surface area (Å²) >= 11 is 0. The Labute approximate surface area is 148 Å². The molecule has 1 heterocycles. The van der Waals surface area contributed by atoms with Gasteiger partial charge in [-0.15, -0.1) is 6.42 Å². The smallest absolute Gasteiger partial charge is 0.253 e. The van der Waals surface area contributed by atoms with E-state index in [0.717, 1.165) is 4.90 Å². The summed E-state index contributed by atoms with van der Waals surface area (Å²) in [6.45, 7) is 4.54. The van der Waals surface area contributed by atoms with E-state index < -0.39 is 0 Å². The number of terminal acetylenes is 1. The minimum atomic E-state index is -0.300. The average Bonchev–Trinajstić information content (AvgIpc) is 2.93. The van der Waals surface area contributed by atoms with Crippen molar-refractivity contribution < 1.29 is 33.3 Å². The lowest BCUT2D eigenvalue weighted by Crippen LogP contribution is -2.33. The summed E-state index contributed by atoms with van der Waals surface area (Å²) in [6.07, 6.45) is 7.54. The second-order valence-electron chi connectivity index (χ2n) is 4.87. The minimum absolute atomic E-state index is 0.252. The van der Waals surface area contributed by atoms with Gasteiger partial charge in [-0.1, -0.05) is 5.92 Å². The van der Waals surface area contributed by atoms with E-state index in [1.54, 1.807) is 0 Å². The third-order valence-electron chi connectivity index (χ3n) is 3.03. The van der Waals surface area contributed by atoms with Gasteiger partial charge in [-0.25, -0.2) is 0 Å². The fourth-order valence-electron chi connectivity index (χ4n) is 1.82. The van der Waals surface area contributed by atoms with Gasteiger partial charge in [0, 0.05) is 12.2 Å². The summed E-state index contributed by atoms with van der Waals surface area (Å²) in [5, 5.41) is 0. The number of hydrogen-bond acceptors (Lipinski definition) is 7. The summed E-state index contributed by atoms with van der Waals surface area (Å²) in [7, 11) is 0. The molecule has 8 heteroatoms. The molecule has 0 aromatic heterocycles. The van der Waals surface area contributed by atoms with Crippen LogP contribution in [-0.4, -0.2) is 89.3 Å². The maximum absolute atomic E-state index is 11.3. The number of carbonyl (C=O) groups excluding carboxylic acids is 2. The van der Waals surface area contributed by atoms with E-state index in [4.69, 9.17) is 30.1 Å². The third kappa shape index (κ3) is 10.7. The number of nitrogens with zero attached hydrogens (tertiary/aromatic N) is 1. The lowest BCUT2D eigenvalue weighted by atomic mass is 10.5. The van der Waals surface area contributed by atoms with Crippen LogP contribution in [0.1, 0.15) is 0 Å². The molecule has 0 N–H and O–H groups in total. The highest BCUT2D eigenvalue weighted by atomic mass is 16.6. The Kier molecular flexibility index (Phi) is 12.4. The summed E-state index contributed by atoms with van der Waals surface area (Å²) in [5.41, 5.74) is 0. The van der Waals surface area contributed by atoms with E-state index in [1.807, 2.05) is 0 Å². The third-order valence-corrected chi connectivity index (χ3v) is 3.03. The predicted molar refractivity (Wildman–Crippen MR) is 88.8 cm³/mol. The number of amides is 2. The van der Waals surface area contributed by atoms with Gasteiger partial charge >= 0.3 is 0 Å². The van der Waals surface area contributed by atoms with Crippen molar-refractivity contribution in [2.24, 2.45) is 0 Å². The van der Waals surface area contributed by atoms with E-state index >= 15 is 0 Å². The highest BCUT2D eigenvalue weighted by molar-refractivity contribution is 6.12. The van der Waals surface area contributed by atoms with Crippen molar-refractivity contribution in [3.8, 4) is 12.3 Å². The van der Waals surface area contributed by atoms with Crippen molar-refractivity contribution in [3.63, 3.8) is 0 Å². The molecular weight excluding hydrogens is 330 g/mol. The molecule has 0 fully saturated rings. The molecule has 8 nitrogen and oxygen atoms in total. The van der Waals surface area contributed by atoms with Crippen LogP contribution >= 0.6 is 0 Å². The van der Waals surface area contributed by atoms with E-state index in [-0.39, 0.29) is 18.4 Å². The summed E-state index contributed by atoms with van der Waals surface area (Å²) < 4.78 is 26.3. The molecule has 1 aliphatic rings. The number of rotatable bonds is 16. The van der Waals surface area contributed by atoms with Crippen molar-refractivity contribution in [2.45, 2.75) is 0 Å². The van der Waals surface area contributed by atoms with Crippen LogP contribution in [-0.2, 0) is 33.3 Å². The van der Waals surface area contributed by atoms with Crippen LogP contribution in [0.4, 0.5) is 0 Å². The number of ether oxygens (including phenoxy) is 5. The van der Waals surface area contributed by atoms with E-state index in [9.17, 15) is 9.59 Å². The second kappa shape index (κ2) is 14.6. The molecular formula is C17H25NO7. The second-order valence-corrected chi connectivity index (χ2v) is 4.87. The monoisotopic (exact) mass is 355 g/mol. The maximum Gasteiger partial charge on any atom is 0.253 e. The fraction of sp³-hybridized carbons (Fsp3) is 0.647. The number of carbonyl (C=O) groups is 2. The largest absolute Gasteiger partial charge is 0.377 e. The topological polar surface area (TPSA) is 83.5 Å². The molecule has 2 amide bonds. The molecule has 0 aliphatic carbocycles. The van der Waals surface area contributed by atoms with Crippen LogP contribution in [0.25, 0.3) is 0 Å². The molecule has 0 unspecified atom stereocenters. The standard InChI is InChI=1S/C17H25NO7/c1-2-6-21-8-10-23-12-14-25-15-13-24-11-9-22-7-5-18-16(19)3-4-17(18)20/h1,3-4H,5-15H2. The molecule has 0 bridgehead atoms. The molecule has 140 valence electrons. The molecule has 1 aliphatic heterocycles. The SMILES string of the molecule is C#CCOCCOCCOCCOCCOCCN1C(=O)C=CC1=O. The lowest BCUT2D eigenvalue weighted by molar-refractivity contribution is -0.137. The van der Waals surface area contributed by atoms with E-state index in [1.165, 1.54) is 12.2 Å². The predicted octanol–water partition coefficient (Wildman–Crippen LogP) is -0.372. The first kappa shape index (κ1) is 21.3. The highest BCUT2D eigenvalue weighted by Crippen LogP contribution is 2.02. The Morgan fingerprint density at radius 1 is 0.720 bits per heavy atom. The first-order chi connectivity index (χ1) is 12.3. The average molecular weight is 355 g/mol. The zero-order valence-electron chi connectivity index (χ0n) is 14.3. The molecule has 0 saturated heterocycles. The molecule has 0 aromatic rings. The Hall–Kier alpha value is -1.76. The van der Waals surface area contributed by atoms with Crippen molar-refractivity contribution in [1.29, 1.82) is 0 Å². The normalized spacial score (nSPS) is 13.6. The van der Waals surface area contributed by atoms with Crippen LogP contribution in [0.3, 0.4) is 0 Å². The van der Waals surface area contributed by atoms with Crippen molar-refractivity contribution >= 4 is 11.8 Å². The Morgan fingerprint density at radius 2 is 1.12 bits per heavy atom. The Balaban J connectivity index is 1.74. The van der Waals surface area contributed by atoms with E-state index in [0.29, 0.717) is 66.1 Å². The van der Waals surface area contributed by atoms with Gasteiger partial charge in [-0.05, 0) is 0 Å². The van der Waals surface area contributed by atoms with Crippen LogP contribution in [0, 0.1) is 12.3 Å². The molecule has 1 rings (SSSR count). The molecule has 0 radical (unpaired) electrons. The summed E-state index contributed by atoms with van der Waals surface area (Å²) in [4.78, 5) is 23.7. The zero-order valence-corrected chi connectivity index (χ0v) is 14.3. The summed E-state index contributed by atoms with van der Waals surface area (Å²) in [6, 6.07) is 0. The van der Waals surface area contributed by atoms with Gasteiger partial charge in [-0.3, -0.25) is 14.5 Å². The molecule has 0 aromatic carbocycles. The van der Waals surface area contributed by atoms with E-state index in [2.05, 4.69) is 5.92 Å². The van der Waals surface area contributed by atoms with Crippen LogP contribution in [0.2, 0.25) is 0 Å². The zero-order chi connectivity index (χ0) is 18.2. The summed E-state index contributed by atoms with van der Waals surface area (Å²) in [5.74, 6) is 1.77. The highest BCUT2D eigenvalue weighted by Gasteiger charge is 2.22. The van der Waals surface area contributed by atoms with Crippen LogP contribution in [0.15, 0.2) is 12.2 Å². The van der Waals surface area contributed by atoms with Crippen molar-refractivity contribution in [3.05, 3.63) is 12.2 Å². The Morgan fingerprint density at radius 3 is 1.56 bits per heavy atom. The molecule has 0 saturated carbocycles. The minimum Gasteiger partial charge on any atom is -0.377 e. The number of imide groups is 1. The van der Waals surface area contributed by atoms with Gasteiger partial charge in [0.25, 0.3) is 11.8 Å². The fourth-order valence-corrected chi connectivity index (χ4v) is 1.82. The quantitative estimate of drug-likeness (QED) is 0.212. The van der Waals surface area contributed by atoms with Crippen LogP contribution < -0.4 is 0 Å². The van der Waals surface area contributed by atoms with Gasteiger partial charge in [0.1, 0.15) is 6.61 Å². The van der Waals surface area contributed by atoms with Gasteiger partial charge in [0.15, 0.2) is 0 Å². The first-order valence-corrected chi connectivity index (χ1v) is 8.11. The molecule has 25 heavy (non-hydrogen) atoms. The van der Waals surface area contributed by atoms with Crippen molar-refractivity contribution in [2.75, 3.05) is 72.6 Å². The molecule has 0 atom stereocenters. The van der Waals surface area contributed by atoms with Gasteiger partial charge in [0.2, 0.25) is 0 Å². The van der Waals surface area contributed by atoms with Gasteiger partial charge < -0.3 is 23.7 Å². The lowest BCUT2D eigenvalue weighted by Gasteiger charge is -2.13. The van der Waals surface area contributed by atoms with Crippen LogP contribution in [0.5, 0.6) is 0 Å². The Bertz CT molecular complexity index is 440. The molecule has 0 spiro atoms. The maximum atomic E-state index is 11.3. The van der Waals surface area contributed by atoms with Gasteiger partial charge in [0.05, 0.1) is 66.0 Å². The number of hydrogen-bond donors (Lipinski definition) is 0. The van der Waals surface area contributed by atoms with Crippen molar-refractivity contribution in [1.82, 2.24) is 4.90 Å². The van der Waals surface area contributed by atoms with Gasteiger partial charge in [-0.2, -0.15) is 0 Å². The first-order valence-electron chi connectivity index (χ1n) is 8.11.